The molecule has 19 heavy (non-hydrogen) atoms. The number of halogens is 2. The van der Waals surface area contributed by atoms with Crippen LogP contribution >= 0.6 is 0 Å². The highest BCUT2D eigenvalue weighted by Gasteiger charge is 2.21. The third-order valence-corrected chi connectivity index (χ3v) is 3.52. The second-order valence-electron chi connectivity index (χ2n) is 4.71. The van der Waals surface area contributed by atoms with Crippen molar-refractivity contribution >= 4 is 0 Å². The van der Waals surface area contributed by atoms with Gasteiger partial charge in [0.2, 0.25) is 0 Å². The molecule has 0 amide bonds. The van der Waals surface area contributed by atoms with Crippen molar-refractivity contribution in [2.75, 3.05) is 0 Å². The molecule has 0 aliphatic carbocycles. The highest BCUT2D eigenvalue weighted by Crippen LogP contribution is 2.29. The number of rotatable bonds is 2. The first-order chi connectivity index (χ1) is 9.20. The van der Waals surface area contributed by atoms with Crippen LogP contribution in [-0.2, 0) is 19.6 Å². The van der Waals surface area contributed by atoms with Crippen molar-refractivity contribution in [1.29, 1.82) is 0 Å². The van der Waals surface area contributed by atoms with Crippen LogP contribution in [0.4, 0.5) is 8.78 Å². The van der Waals surface area contributed by atoms with E-state index in [2.05, 4.69) is 4.98 Å². The van der Waals surface area contributed by atoms with Gasteiger partial charge in [0.1, 0.15) is 17.5 Å². The van der Waals surface area contributed by atoms with Gasteiger partial charge in [-0.15, -0.1) is 0 Å². The van der Waals surface area contributed by atoms with Crippen molar-refractivity contribution in [3.05, 3.63) is 41.4 Å². The maximum absolute atomic E-state index is 13.8. The van der Waals surface area contributed by atoms with Crippen molar-refractivity contribution in [1.82, 2.24) is 9.55 Å². The van der Waals surface area contributed by atoms with Gasteiger partial charge in [-0.1, -0.05) is 0 Å². The lowest BCUT2D eigenvalue weighted by Crippen LogP contribution is -2.13. The summed E-state index contributed by atoms with van der Waals surface area (Å²) < 4.78 is 28.7. The molecule has 1 N–H and O–H groups in total. The Morgan fingerprint density at radius 3 is 2.84 bits per heavy atom. The van der Waals surface area contributed by atoms with Gasteiger partial charge < -0.3 is 9.67 Å². The molecular weight excluding hydrogens is 250 g/mol. The zero-order valence-corrected chi connectivity index (χ0v) is 10.4. The Kier molecular flexibility index (Phi) is 3.06. The number of nitrogens with zero attached hydrogens (tertiary/aromatic N) is 2. The average Bonchev–Trinajstić information content (AvgIpc) is 2.76. The fourth-order valence-corrected chi connectivity index (χ4v) is 2.60. The molecule has 2 heterocycles. The minimum atomic E-state index is -0.648. The van der Waals surface area contributed by atoms with E-state index in [0.29, 0.717) is 11.4 Å². The number of aromatic nitrogens is 2. The molecule has 0 radical (unpaired) electrons. The molecule has 0 bridgehead atoms. The van der Waals surface area contributed by atoms with E-state index in [0.717, 1.165) is 37.7 Å². The Morgan fingerprint density at radius 2 is 2.11 bits per heavy atom. The summed E-state index contributed by atoms with van der Waals surface area (Å²) >= 11 is 0. The zero-order chi connectivity index (χ0) is 13.4. The minimum absolute atomic E-state index is 0.195. The molecule has 1 aliphatic heterocycles. The summed E-state index contributed by atoms with van der Waals surface area (Å²) in [6, 6.07) is 3.42. The molecule has 1 aliphatic rings. The van der Waals surface area contributed by atoms with Gasteiger partial charge in [-0.3, -0.25) is 0 Å². The fourth-order valence-electron chi connectivity index (χ4n) is 2.60. The molecule has 0 saturated heterocycles. The van der Waals surface area contributed by atoms with Crippen molar-refractivity contribution in [3.63, 3.8) is 0 Å². The largest absolute Gasteiger partial charge is 0.390 e. The zero-order valence-electron chi connectivity index (χ0n) is 10.4. The van der Waals surface area contributed by atoms with Crippen LogP contribution in [0.25, 0.3) is 11.3 Å². The molecule has 0 atom stereocenters. The maximum atomic E-state index is 13.8. The first kappa shape index (κ1) is 12.3. The molecule has 0 spiro atoms. The lowest BCUT2D eigenvalue weighted by molar-refractivity contribution is 0.268. The van der Waals surface area contributed by atoms with E-state index in [1.165, 1.54) is 12.1 Å². The Balaban J connectivity index is 2.16. The first-order valence-electron chi connectivity index (χ1n) is 6.35. The smallest absolute Gasteiger partial charge is 0.135 e. The lowest BCUT2D eigenvalue weighted by Gasteiger charge is -2.15. The number of fused-ring (bicyclic) bond motifs is 1. The van der Waals surface area contributed by atoms with Crippen LogP contribution in [0, 0.1) is 11.6 Å². The van der Waals surface area contributed by atoms with Gasteiger partial charge in [0.05, 0.1) is 18.0 Å². The van der Waals surface area contributed by atoms with Crippen LogP contribution < -0.4 is 0 Å². The number of hydrogen-bond acceptors (Lipinski definition) is 2. The third kappa shape index (κ3) is 2.04. The Bertz CT molecular complexity index is 622. The van der Waals surface area contributed by atoms with Gasteiger partial charge in [0.25, 0.3) is 0 Å². The van der Waals surface area contributed by atoms with Crippen LogP contribution in [0.2, 0.25) is 0 Å². The van der Waals surface area contributed by atoms with E-state index < -0.39 is 11.6 Å². The molecule has 0 fully saturated rings. The van der Waals surface area contributed by atoms with E-state index in [1.807, 2.05) is 4.57 Å². The highest BCUT2D eigenvalue weighted by molar-refractivity contribution is 5.63. The van der Waals surface area contributed by atoms with Crippen molar-refractivity contribution < 1.29 is 13.9 Å². The van der Waals surface area contributed by atoms with Crippen LogP contribution in [0.3, 0.4) is 0 Å². The van der Waals surface area contributed by atoms with E-state index in [9.17, 15) is 13.9 Å². The minimum Gasteiger partial charge on any atom is -0.390 e. The van der Waals surface area contributed by atoms with E-state index >= 15 is 0 Å². The molecule has 0 unspecified atom stereocenters. The molecular formula is C14H14F2N2O. The molecule has 0 saturated carbocycles. The lowest BCUT2D eigenvalue weighted by atomic mass is 10.1. The van der Waals surface area contributed by atoms with E-state index in [1.54, 1.807) is 0 Å². The first-order valence-corrected chi connectivity index (χ1v) is 6.35. The Labute approximate surface area is 109 Å². The van der Waals surface area contributed by atoms with Crippen LogP contribution in [-0.4, -0.2) is 14.7 Å². The van der Waals surface area contributed by atoms with Gasteiger partial charge >= 0.3 is 0 Å². The summed E-state index contributed by atoms with van der Waals surface area (Å²) in [5, 5.41) is 9.51. The van der Waals surface area contributed by atoms with E-state index in [4.69, 9.17) is 0 Å². The van der Waals surface area contributed by atoms with Crippen LogP contribution in [0.1, 0.15) is 24.4 Å². The maximum Gasteiger partial charge on any atom is 0.135 e. The SMILES string of the molecule is OCc1c(-c2ccc(F)cc2F)nc2n1CCCC2. The topological polar surface area (TPSA) is 38.1 Å². The Hall–Kier alpha value is -1.75. The monoisotopic (exact) mass is 264 g/mol. The van der Waals surface area contributed by atoms with Gasteiger partial charge in [-0.2, -0.15) is 0 Å². The standard InChI is InChI=1S/C14H14F2N2O/c15-9-4-5-10(11(16)7-9)14-12(8-19)18-6-2-1-3-13(18)17-14/h4-5,7,19H,1-3,6,8H2. The third-order valence-electron chi connectivity index (χ3n) is 3.52. The van der Waals surface area contributed by atoms with Crippen LogP contribution in [0.15, 0.2) is 18.2 Å². The molecule has 3 rings (SSSR count). The van der Waals surface area contributed by atoms with Crippen molar-refractivity contribution in [3.8, 4) is 11.3 Å². The Morgan fingerprint density at radius 1 is 1.26 bits per heavy atom. The summed E-state index contributed by atoms with van der Waals surface area (Å²) in [5.41, 5.74) is 1.28. The number of aliphatic hydroxyl groups excluding tert-OH is 1. The average molecular weight is 264 g/mol. The van der Waals surface area contributed by atoms with Gasteiger partial charge in [-0.25, -0.2) is 13.8 Å². The molecule has 2 aromatic rings. The predicted octanol–water partition coefficient (Wildman–Crippen LogP) is 2.66. The number of hydrogen-bond donors (Lipinski definition) is 1. The van der Waals surface area contributed by atoms with Crippen LogP contribution in [0.5, 0.6) is 0 Å². The predicted molar refractivity (Wildman–Crippen MR) is 66.4 cm³/mol. The molecule has 1 aromatic heterocycles. The summed E-state index contributed by atoms with van der Waals surface area (Å²) in [6.45, 7) is 0.597. The van der Waals surface area contributed by atoms with Gasteiger partial charge in [0, 0.05) is 24.6 Å². The highest BCUT2D eigenvalue weighted by atomic mass is 19.1. The molecule has 1 aromatic carbocycles. The summed E-state index contributed by atoms with van der Waals surface area (Å²) in [4.78, 5) is 4.42. The van der Waals surface area contributed by atoms with Crippen molar-refractivity contribution in [2.24, 2.45) is 0 Å². The fraction of sp³-hybridized carbons (Fsp3) is 0.357. The number of aryl methyl sites for hydroxylation is 1. The number of benzene rings is 1. The number of aliphatic hydroxyl groups is 1. The normalized spacial score (nSPS) is 14.5. The van der Waals surface area contributed by atoms with Gasteiger partial charge in [-0.05, 0) is 25.0 Å². The second-order valence-corrected chi connectivity index (χ2v) is 4.71. The molecule has 5 heteroatoms. The summed E-state index contributed by atoms with van der Waals surface area (Å²) in [6.07, 6.45) is 2.91. The second kappa shape index (κ2) is 4.74. The number of imidazole rings is 1. The molecule has 3 nitrogen and oxygen atoms in total. The summed E-state index contributed by atoms with van der Waals surface area (Å²) in [5.74, 6) is -0.394. The van der Waals surface area contributed by atoms with Gasteiger partial charge in [0.15, 0.2) is 0 Å². The summed E-state index contributed by atoms with van der Waals surface area (Å²) in [7, 11) is 0. The van der Waals surface area contributed by atoms with E-state index in [-0.39, 0.29) is 12.2 Å². The van der Waals surface area contributed by atoms with Crippen molar-refractivity contribution in [2.45, 2.75) is 32.4 Å². The molecule has 100 valence electrons. The quantitative estimate of drug-likeness (QED) is 0.905.